The van der Waals surface area contributed by atoms with Crippen LogP contribution in [0.15, 0.2) is 18.2 Å². The number of nitrogens with two attached hydrogens (primary N) is 1. The molecule has 0 aromatic heterocycles. The molecule has 0 aliphatic carbocycles. The van der Waals surface area contributed by atoms with Crippen LogP contribution in [0.4, 0.5) is 5.69 Å². The molecular weight excluding hydrogens is 292 g/mol. The van der Waals surface area contributed by atoms with E-state index >= 15 is 0 Å². The molecule has 1 amide bonds. The molecule has 21 heavy (non-hydrogen) atoms. The number of carbonyl (C=O) groups excluding carboxylic acids is 2. The fourth-order valence-electron chi connectivity index (χ4n) is 2.54. The quantitative estimate of drug-likeness (QED) is 0.687. The van der Waals surface area contributed by atoms with Crippen LogP contribution in [0.1, 0.15) is 30.1 Å². The average molecular weight is 311 g/mol. The summed E-state index contributed by atoms with van der Waals surface area (Å²) in [6, 6.07) is 4.98. The number of esters is 1. The number of anilines is 1. The van der Waals surface area contributed by atoms with Crippen LogP contribution in [0, 0.1) is 5.92 Å². The standard InChI is InChI=1S/C15H19ClN2O3/c1-2-21-15(20)10-5-4-8-18(9-10)14(19)13-11(16)6-3-7-12(13)17/h3,6-7,10H,2,4-5,8-9,17H2,1H3. The van der Waals surface area contributed by atoms with E-state index in [1.807, 2.05) is 0 Å². The van der Waals surface area contributed by atoms with Crippen molar-refractivity contribution in [2.45, 2.75) is 19.8 Å². The van der Waals surface area contributed by atoms with E-state index < -0.39 is 0 Å². The summed E-state index contributed by atoms with van der Waals surface area (Å²) in [5, 5.41) is 0.332. The lowest BCUT2D eigenvalue weighted by molar-refractivity contribution is -0.149. The molecule has 1 aliphatic heterocycles. The second-order valence-corrected chi connectivity index (χ2v) is 5.45. The molecule has 1 unspecified atom stereocenters. The van der Waals surface area contributed by atoms with Gasteiger partial charge in [0, 0.05) is 18.8 Å². The van der Waals surface area contributed by atoms with Crippen LogP contribution in [-0.4, -0.2) is 36.5 Å². The van der Waals surface area contributed by atoms with E-state index in [1.165, 1.54) is 0 Å². The van der Waals surface area contributed by atoms with Gasteiger partial charge in [0.2, 0.25) is 0 Å². The van der Waals surface area contributed by atoms with E-state index in [2.05, 4.69) is 0 Å². The maximum absolute atomic E-state index is 12.6. The normalized spacial score (nSPS) is 18.4. The number of nitrogens with zero attached hydrogens (tertiary/aromatic N) is 1. The smallest absolute Gasteiger partial charge is 0.310 e. The molecule has 114 valence electrons. The third-order valence-corrected chi connectivity index (χ3v) is 3.90. The van der Waals surface area contributed by atoms with Gasteiger partial charge in [0.05, 0.1) is 23.1 Å². The van der Waals surface area contributed by atoms with E-state index in [9.17, 15) is 9.59 Å². The Morgan fingerprint density at radius 3 is 2.90 bits per heavy atom. The monoisotopic (exact) mass is 310 g/mol. The van der Waals surface area contributed by atoms with Crippen molar-refractivity contribution in [3.8, 4) is 0 Å². The summed E-state index contributed by atoms with van der Waals surface area (Å²) in [6.45, 7) is 3.07. The predicted molar refractivity (Wildman–Crippen MR) is 81.1 cm³/mol. The van der Waals surface area contributed by atoms with E-state index in [4.69, 9.17) is 22.1 Å². The summed E-state index contributed by atoms with van der Waals surface area (Å²) in [5.74, 6) is -0.749. The van der Waals surface area contributed by atoms with E-state index in [-0.39, 0.29) is 17.8 Å². The van der Waals surface area contributed by atoms with Crippen molar-refractivity contribution in [1.82, 2.24) is 4.90 Å². The van der Waals surface area contributed by atoms with Gasteiger partial charge in [-0.2, -0.15) is 0 Å². The molecule has 1 fully saturated rings. The molecule has 5 nitrogen and oxygen atoms in total. The van der Waals surface area contributed by atoms with Crippen LogP contribution in [-0.2, 0) is 9.53 Å². The van der Waals surface area contributed by atoms with Crippen molar-refractivity contribution in [1.29, 1.82) is 0 Å². The van der Waals surface area contributed by atoms with Crippen LogP contribution in [0.2, 0.25) is 5.02 Å². The second-order valence-electron chi connectivity index (χ2n) is 5.05. The van der Waals surface area contributed by atoms with Gasteiger partial charge in [-0.05, 0) is 31.9 Å². The highest BCUT2D eigenvalue weighted by Gasteiger charge is 2.31. The van der Waals surface area contributed by atoms with Gasteiger partial charge in [-0.25, -0.2) is 0 Å². The maximum Gasteiger partial charge on any atom is 0.310 e. The molecule has 1 heterocycles. The van der Waals surface area contributed by atoms with Crippen LogP contribution in [0.25, 0.3) is 0 Å². The minimum absolute atomic E-state index is 0.230. The third kappa shape index (κ3) is 3.47. The van der Waals surface area contributed by atoms with Crippen molar-refractivity contribution in [2.24, 2.45) is 5.92 Å². The van der Waals surface area contributed by atoms with Crippen LogP contribution < -0.4 is 5.73 Å². The number of hydrogen-bond acceptors (Lipinski definition) is 4. The van der Waals surface area contributed by atoms with E-state index in [1.54, 1.807) is 30.0 Å². The van der Waals surface area contributed by atoms with Crippen LogP contribution in [0.3, 0.4) is 0 Å². The molecule has 6 heteroatoms. The predicted octanol–water partition coefficient (Wildman–Crippen LogP) is 2.34. The first-order chi connectivity index (χ1) is 10.0. The number of benzene rings is 1. The SMILES string of the molecule is CCOC(=O)C1CCCN(C(=O)c2c(N)cccc2Cl)C1. The van der Waals surface area contributed by atoms with E-state index in [0.717, 1.165) is 12.8 Å². The van der Waals surface area contributed by atoms with Gasteiger partial charge in [0.15, 0.2) is 0 Å². The van der Waals surface area contributed by atoms with Crippen molar-refractivity contribution in [3.63, 3.8) is 0 Å². The van der Waals surface area contributed by atoms with Crippen molar-refractivity contribution < 1.29 is 14.3 Å². The highest BCUT2D eigenvalue weighted by Crippen LogP contribution is 2.26. The molecule has 2 rings (SSSR count). The molecule has 0 radical (unpaired) electrons. The fraction of sp³-hybridized carbons (Fsp3) is 0.467. The molecule has 2 N–H and O–H groups in total. The average Bonchev–Trinajstić information content (AvgIpc) is 2.47. The Morgan fingerprint density at radius 2 is 2.24 bits per heavy atom. The van der Waals surface area contributed by atoms with Gasteiger partial charge in [-0.1, -0.05) is 17.7 Å². The molecule has 0 bridgehead atoms. The maximum atomic E-state index is 12.6. The number of ether oxygens (including phenoxy) is 1. The van der Waals surface area contributed by atoms with E-state index in [0.29, 0.717) is 36.0 Å². The molecular formula is C15H19ClN2O3. The number of amides is 1. The Morgan fingerprint density at radius 1 is 1.48 bits per heavy atom. The first kappa shape index (κ1) is 15.6. The van der Waals surface area contributed by atoms with Gasteiger partial charge < -0.3 is 15.4 Å². The zero-order chi connectivity index (χ0) is 15.4. The lowest BCUT2D eigenvalue weighted by Crippen LogP contribution is -2.43. The number of nitrogen functional groups attached to an aromatic ring is 1. The number of carbonyl (C=O) groups is 2. The van der Waals surface area contributed by atoms with Crippen molar-refractivity contribution >= 4 is 29.2 Å². The number of hydrogen-bond donors (Lipinski definition) is 1. The Hall–Kier alpha value is -1.75. The molecule has 0 spiro atoms. The largest absolute Gasteiger partial charge is 0.466 e. The zero-order valence-corrected chi connectivity index (χ0v) is 12.7. The Bertz CT molecular complexity index is 527. The third-order valence-electron chi connectivity index (χ3n) is 3.59. The van der Waals surface area contributed by atoms with Crippen LogP contribution >= 0.6 is 11.6 Å². The summed E-state index contributed by atoms with van der Waals surface area (Å²) >= 11 is 6.07. The molecule has 1 saturated heterocycles. The Kier molecular flexibility index (Phi) is 5.07. The summed E-state index contributed by atoms with van der Waals surface area (Å²) < 4.78 is 5.03. The van der Waals surface area contributed by atoms with Crippen molar-refractivity contribution in [2.75, 3.05) is 25.4 Å². The summed E-state index contributed by atoms with van der Waals surface area (Å²) in [4.78, 5) is 26.0. The minimum Gasteiger partial charge on any atom is -0.466 e. The highest BCUT2D eigenvalue weighted by atomic mass is 35.5. The van der Waals surface area contributed by atoms with Gasteiger partial charge >= 0.3 is 5.97 Å². The molecule has 1 atom stereocenters. The molecule has 1 aromatic carbocycles. The Balaban J connectivity index is 2.14. The number of rotatable bonds is 3. The fourth-order valence-corrected chi connectivity index (χ4v) is 2.80. The van der Waals surface area contributed by atoms with Gasteiger partial charge in [-0.15, -0.1) is 0 Å². The second kappa shape index (κ2) is 6.80. The van der Waals surface area contributed by atoms with Gasteiger partial charge in [0.25, 0.3) is 5.91 Å². The Labute approximate surface area is 129 Å². The van der Waals surface area contributed by atoms with Crippen molar-refractivity contribution in [3.05, 3.63) is 28.8 Å². The minimum atomic E-state index is -0.272. The molecule has 1 aliphatic rings. The topological polar surface area (TPSA) is 72.6 Å². The van der Waals surface area contributed by atoms with Crippen LogP contribution in [0.5, 0.6) is 0 Å². The lowest BCUT2D eigenvalue weighted by atomic mass is 9.97. The molecule has 1 aromatic rings. The van der Waals surface area contributed by atoms with Gasteiger partial charge in [-0.3, -0.25) is 9.59 Å². The summed E-state index contributed by atoms with van der Waals surface area (Å²) in [7, 11) is 0. The number of halogens is 1. The molecule has 0 saturated carbocycles. The summed E-state index contributed by atoms with van der Waals surface area (Å²) in [5.41, 5.74) is 6.51. The lowest BCUT2D eigenvalue weighted by Gasteiger charge is -2.32. The first-order valence-electron chi connectivity index (χ1n) is 7.04. The zero-order valence-electron chi connectivity index (χ0n) is 12.0. The number of likely N-dealkylation sites (tertiary alicyclic amines) is 1. The van der Waals surface area contributed by atoms with Gasteiger partial charge in [0.1, 0.15) is 0 Å². The highest BCUT2D eigenvalue weighted by molar-refractivity contribution is 6.34. The number of piperidine rings is 1. The first-order valence-corrected chi connectivity index (χ1v) is 7.42. The summed E-state index contributed by atoms with van der Waals surface area (Å²) in [6.07, 6.45) is 1.50.